The molecule has 110 valence electrons. The minimum atomic E-state index is 0.191. The van der Waals surface area contributed by atoms with Gasteiger partial charge in [0.15, 0.2) is 0 Å². The highest BCUT2D eigenvalue weighted by Crippen LogP contribution is 2.34. The molecule has 21 heavy (non-hydrogen) atoms. The van der Waals surface area contributed by atoms with Gasteiger partial charge in [-0.2, -0.15) is 0 Å². The Morgan fingerprint density at radius 3 is 2.71 bits per heavy atom. The molecule has 1 heterocycles. The summed E-state index contributed by atoms with van der Waals surface area (Å²) >= 11 is 1.50. The van der Waals surface area contributed by atoms with Crippen molar-refractivity contribution < 1.29 is 4.79 Å². The molecule has 0 bridgehead atoms. The van der Waals surface area contributed by atoms with Gasteiger partial charge in [0.2, 0.25) is 11.0 Å². The van der Waals surface area contributed by atoms with E-state index in [4.69, 9.17) is 0 Å². The van der Waals surface area contributed by atoms with Crippen molar-refractivity contribution in [3.05, 3.63) is 29.8 Å². The number of amides is 1. The first-order chi connectivity index (χ1) is 10.2. The first-order valence-electron chi connectivity index (χ1n) is 7.41. The largest absolute Gasteiger partial charge is 0.287 e. The molecule has 0 radical (unpaired) electrons. The van der Waals surface area contributed by atoms with Crippen LogP contribution in [0, 0.1) is 12.8 Å². The number of benzene rings is 1. The van der Waals surface area contributed by atoms with Crippen molar-refractivity contribution >= 4 is 22.4 Å². The smallest absolute Gasteiger partial charge is 0.231 e. The van der Waals surface area contributed by atoms with Crippen LogP contribution in [-0.4, -0.2) is 22.6 Å². The van der Waals surface area contributed by atoms with Crippen LogP contribution in [-0.2, 0) is 4.79 Å². The van der Waals surface area contributed by atoms with Gasteiger partial charge >= 0.3 is 0 Å². The predicted octanol–water partition coefficient (Wildman–Crippen LogP) is 3.67. The van der Waals surface area contributed by atoms with Crippen LogP contribution in [0.5, 0.6) is 0 Å². The third-order valence-electron chi connectivity index (χ3n) is 4.06. The zero-order valence-corrected chi connectivity index (χ0v) is 13.2. The fourth-order valence-electron chi connectivity index (χ4n) is 2.51. The summed E-state index contributed by atoms with van der Waals surface area (Å²) in [6.07, 6.45) is 3.19. The van der Waals surface area contributed by atoms with Gasteiger partial charge in [0.05, 0.1) is 0 Å². The number of anilines is 1. The number of hydrogen-bond acceptors (Lipinski definition) is 4. The van der Waals surface area contributed by atoms with E-state index >= 15 is 0 Å². The van der Waals surface area contributed by atoms with Gasteiger partial charge in [0, 0.05) is 18.0 Å². The topological polar surface area (TPSA) is 46.1 Å². The molecule has 4 nitrogen and oxygen atoms in total. The normalized spacial score (nSPS) is 14.8. The van der Waals surface area contributed by atoms with Gasteiger partial charge in [-0.1, -0.05) is 42.0 Å². The maximum atomic E-state index is 12.4. The van der Waals surface area contributed by atoms with E-state index < -0.39 is 0 Å². The minimum Gasteiger partial charge on any atom is -0.287 e. The summed E-state index contributed by atoms with van der Waals surface area (Å²) in [4.78, 5) is 14.2. The summed E-state index contributed by atoms with van der Waals surface area (Å²) in [6, 6.07) is 8.12. The fraction of sp³-hybridized carbons (Fsp3) is 0.438. The Morgan fingerprint density at radius 2 is 2.10 bits per heavy atom. The first-order valence-corrected chi connectivity index (χ1v) is 8.23. The lowest BCUT2D eigenvalue weighted by atomic mass is 9.84. The maximum absolute atomic E-state index is 12.4. The number of aryl methyl sites for hydroxylation is 1. The molecule has 3 rings (SSSR count). The van der Waals surface area contributed by atoms with Gasteiger partial charge in [0.1, 0.15) is 5.01 Å². The Kier molecular flexibility index (Phi) is 4.01. The third kappa shape index (κ3) is 2.70. The molecule has 2 aromatic rings. The zero-order valence-electron chi connectivity index (χ0n) is 12.4. The van der Waals surface area contributed by atoms with Crippen molar-refractivity contribution in [1.29, 1.82) is 0 Å². The lowest BCUT2D eigenvalue weighted by Gasteiger charge is -2.29. The number of aromatic nitrogens is 2. The quantitative estimate of drug-likeness (QED) is 0.865. The second-order valence-corrected chi connectivity index (χ2v) is 6.37. The highest BCUT2D eigenvalue weighted by Gasteiger charge is 2.31. The highest BCUT2D eigenvalue weighted by molar-refractivity contribution is 7.18. The van der Waals surface area contributed by atoms with E-state index in [-0.39, 0.29) is 11.8 Å². The molecule has 0 N–H and O–H groups in total. The summed E-state index contributed by atoms with van der Waals surface area (Å²) in [5, 5.41) is 10.1. The number of hydrogen-bond donors (Lipinski definition) is 0. The van der Waals surface area contributed by atoms with Gasteiger partial charge in [-0.25, -0.2) is 0 Å². The minimum absolute atomic E-state index is 0.191. The summed E-state index contributed by atoms with van der Waals surface area (Å²) in [7, 11) is 0. The van der Waals surface area contributed by atoms with E-state index in [1.165, 1.54) is 23.3 Å². The van der Waals surface area contributed by atoms with Crippen molar-refractivity contribution in [2.75, 3.05) is 11.4 Å². The Morgan fingerprint density at radius 1 is 1.33 bits per heavy atom. The van der Waals surface area contributed by atoms with Gasteiger partial charge in [-0.15, -0.1) is 10.2 Å². The number of rotatable bonds is 4. The molecular weight excluding hydrogens is 282 g/mol. The number of nitrogens with zero attached hydrogens (tertiary/aromatic N) is 3. The van der Waals surface area contributed by atoms with Crippen LogP contribution in [0.1, 0.15) is 31.7 Å². The SMILES string of the molecule is CCN(C(=O)C1CCC1)c1nnc(-c2ccccc2C)s1. The van der Waals surface area contributed by atoms with Crippen molar-refractivity contribution in [1.82, 2.24) is 10.2 Å². The van der Waals surface area contributed by atoms with Gasteiger partial charge < -0.3 is 0 Å². The molecule has 0 spiro atoms. The molecule has 1 aromatic carbocycles. The lowest BCUT2D eigenvalue weighted by Crippen LogP contribution is -2.38. The van der Waals surface area contributed by atoms with Crippen molar-refractivity contribution in [3.8, 4) is 10.6 Å². The third-order valence-corrected chi connectivity index (χ3v) is 5.04. The summed E-state index contributed by atoms with van der Waals surface area (Å²) in [5.74, 6) is 0.395. The van der Waals surface area contributed by atoms with Crippen LogP contribution < -0.4 is 4.90 Å². The Hall–Kier alpha value is -1.75. The lowest BCUT2D eigenvalue weighted by molar-refractivity contribution is -0.124. The zero-order chi connectivity index (χ0) is 14.8. The molecule has 1 aliphatic rings. The summed E-state index contributed by atoms with van der Waals surface area (Å²) in [5.41, 5.74) is 2.27. The first kappa shape index (κ1) is 14.2. The average Bonchev–Trinajstić information content (AvgIpc) is 2.87. The maximum Gasteiger partial charge on any atom is 0.231 e. The molecule has 1 fully saturated rings. The van der Waals surface area contributed by atoms with Crippen LogP contribution in [0.25, 0.3) is 10.6 Å². The number of carbonyl (C=O) groups excluding carboxylic acids is 1. The van der Waals surface area contributed by atoms with Crippen LogP contribution in [0.2, 0.25) is 0 Å². The molecule has 0 saturated heterocycles. The molecule has 1 aromatic heterocycles. The van der Waals surface area contributed by atoms with E-state index in [0.29, 0.717) is 11.7 Å². The van der Waals surface area contributed by atoms with Crippen LogP contribution >= 0.6 is 11.3 Å². The second kappa shape index (κ2) is 5.93. The van der Waals surface area contributed by atoms with E-state index in [0.717, 1.165) is 23.4 Å². The molecule has 0 atom stereocenters. The number of carbonyl (C=O) groups is 1. The van der Waals surface area contributed by atoms with E-state index in [2.05, 4.69) is 23.2 Å². The Balaban J connectivity index is 1.86. The van der Waals surface area contributed by atoms with Gasteiger partial charge in [0.25, 0.3) is 0 Å². The second-order valence-electron chi connectivity index (χ2n) is 5.42. The van der Waals surface area contributed by atoms with Crippen molar-refractivity contribution in [2.45, 2.75) is 33.1 Å². The van der Waals surface area contributed by atoms with E-state index in [1.807, 2.05) is 25.1 Å². The Labute approximate surface area is 128 Å². The van der Waals surface area contributed by atoms with Crippen LogP contribution in [0.4, 0.5) is 5.13 Å². The van der Waals surface area contributed by atoms with Crippen LogP contribution in [0.15, 0.2) is 24.3 Å². The molecule has 1 aliphatic carbocycles. The highest BCUT2D eigenvalue weighted by atomic mass is 32.1. The fourth-order valence-corrected chi connectivity index (χ4v) is 3.51. The van der Waals surface area contributed by atoms with Crippen molar-refractivity contribution in [3.63, 3.8) is 0 Å². The van der Waals surface area contributed by atoms with E-state index in [1.54, 1.807) is 4.90 Å². The van der Waals surface area contributed by atoms with E-state index in [9.17, 15) is 4.79 Å². The molecule has 5 heteroatoms. The predicted molar refractivity (Wildman–Crippen MR) is 85.5 cm³/mol. The molecule has 1 saturated carbocycles. The van der Waals surface area contributed by atoms with Crippen molar-refractivity contribution in [2.24, 2.45) is 5.92 Å². The van der Waals surface area contributed by atoms with Crippen LogP contribution in [0.3, 0.4) is 0 Å². The standard InChI is InChI=1S/C16H19N3OS/c1-3-19(15(20)12-8-6-9-12)16-18-17-14(21-16)13-10-5-4-7-11(13)2/h4-5,7,10,12H,3,6,8-9H2,1-2H3. The summed E-state index contributed by atoms with van der Waals surface area (Å²) < 4.78 is 0. The monoisotopic (exact) mass is 301 g/mol. The molecular formula is C16H19N3OS. The molecule has 1 amide bonds. The molecule has 0 aliphatic heterocycles. The van der Waals surface area contributed by atoms with Gasteiger partial charge in [-0.3, -0.25) is 9.69 Å². The summed E-state index contributed by atoms with van der Waals surface area (Å²) in [6.45, 7) is 4.71. The average molecular weight is 301 g/mol. The molecule has 0 unspecified atom stereocenters. The van der Waals surface area contributed by atoms with Gasteiger partial charge in [-0.05, 0) is 32.3 Å². The Bertz CT molecular complexity index is 648.